The van der Waals surface area contributed by atoms with Crippen molar-refractivity contribution in [1.29, 1.82) is 0 Å². The minimum Gasteiger partial charge on any atom is -0.447 e. The first-order valence-electron chi connectivity index (χ1n) is 9.06. The summed E-state index contributed by atoms with van der Waals surface area (Å²) in [6.45, 7) is 12.1. The van der Waals surface area contributed by atoms with Crippen LogP contribution >= 0.6 is 0 Å². The molecule has 0 aromatic rings. The van der Waals surface area contributed by atoms with Crippen molar-refractivity contribution in [2.75, 3.05) is 26.3 Å². The standard InChI is InChI=1S/C20H30N2O5/c1-4-12-21-19(23)25-14-8-7-9-16(6-3)10-11-17-18(27-17)15-26-20(24)22-13-5-2/h4-8,16-18H,1-3,9-15H2,(H,21,23)(H,22,24)/b8-7+. The van der Waals surface area contributed by atoms with Gasteiger partial charge in [0.2, 0.25) is 0 Å². The minimum atomic E-state index is -0.461. The predicted octanol–water partition coefficient (Wildman–Crippen LogP) is 3.11. The highest BCUT2D eigenvalue weighted by molar-refractivity contribution is 5.67. The summed E-state index contributed by atoms with van der Waals surface area (Å²) in [5, 5.41) is 5.08. The molecule has 7 heteroatoms. The Bertz CT molecular complexity index is 532. The first-order chi connectivity index (χ1) is 13.1. The van der Waals surface area contributed by atoms with Crippen LogP contribution in [0.3, 0.4) is 0 Å². The molecule has 0 aromatic carbocycles. The van der Waals surface area contributed by atoms with Gasteiger partial charge in [0.05, 0.1) is 6.10 Å². The molecule has 2 amide bonds. The van der Waals surface area contributed by atoms with Gasteiger partial charge in [-0.05, 0) is 25.2 Å². The largest absolute Gasteiger partial charge is 0.447 e. The molecule has 150 valence electrons. The third kappa shape index (κ3) is 10.9. The Kier molecular flexibility index (Phi) is 11.4. The normalized spacial score (nSPS) is 19.0. The van der Waals surface area contributed by atoms with Gasteiger partial charge in [-0.3, -0.25) is 0 Å². The van der Waals surface area contributed by atoms with Crippen molar-refractivity contribution >= 4 is 12.2 Å². The Morgan fingerprint density at radius 3 is 2.30 bits per heavy atom. The van der Waals surface area contributed by atoms with Crippen LogP contribution in [-0.2, 0) is 14.2 Å². The number of carbonyl (C=O) groups excluding carboxylic acids is 2. The average Bonchev–Trinajstić information content (AvgIpc) is 3.43. The molecule has 7 nitrogen and oxygen atoms in total. The lowest BCUT2D eigenvalue weighted by molar-refractivity contribution is 0.137. The fraction of sp³-hybridized carbons (Fsp3) is 0.500. The van der Waals surface area contributed by atoms with Crippen LogP contribution in [0.5, 0.6) is 0 Å². The number of hydrogen-bond acceptors (Lipinski definition) is 5. The fourth-order valence-corrected chi connectivity index (χ4v) is 2.32. The van der Waals surface area contributed by atoms with Crippen LogP contribution in [0.25, 0.3) is 0 Å². The number of epoxide rings is 1. The van der Waals surface area contributed by atoms with Gasteiger partial charge in [0.15, 0.2) is 0 Å². The van der Waals surface area contributed by atoms with E-state index in [0.717, 1.165) is 19.3 Å². The smallest absolute Gasteiger partial charge is 0.407 e. The van der Waals surface area contributed by atoms with Crippen molar-refractivity contribution in [3.8, 4) is 0 Å². The van der Waals surface area contributed by atoms with Crippen molar-refractivity contribution < 1.29 is 23.8 Å². The summed E-state index contributed by atoms with van der Waals surface area (Å²) in [4.78, 5) is 22.6. The van der Waals surface area contributed by atoms with Gasteiger partial charge in [-0.2, -0.15) is 0 Å². The quantitative estimate of drug-likeness (QED) is 0.358. The number of allylic oxidation sites excluding steroid dienone is 2. The van der Waals surface area contributed by atoms with Gasteiger partial charge in [-0.15, -0.1) is 19.7 Å². The van der Waals surface area contributed by atoms with E-state index in [1.807, 2.05) is 18.2 Å². The van der Waals surface area contributed by atoms with E-state index in [1.54, 1.807) is 12.2 Å². The lowest BCUT2D eigenvalue weighted by Gasteiger charge is -2.08. The number of nitrogens with one attached hydrogen (secondary N) is 2. The predicted molar refractivity (Wildman–Crippen MR) is 104 cm³/mol. The molecule has 0 aromatic heterocycles. The summed E-state index contributed by atoms with van der Waals surface area (Å²) in [6, 6.07) is 0. The van der Waals surface area contributed by atoms with Gasteiger partial charge < -0.3 is 24.8 Å². The monoisotopic (exact) mass is 378 g/mol. The molecular weight excluding hydrogens is 348 g/mol. The highest BCUT2D eigenvalue weighted by Crippen LogP contribution is 2.29. The Labute approximate surface area is 161 Å². The maximum atomic E-state index is 11.3. The van der Waals surface area contributed by atoms with E-state index >= 15 is 0 Å². The summed E-state index contributed by atoms with van der Waals surface area (Å²) >= 11 is 0. The number of alkyl carbamates (subject to hydrolysis) is 2. The zero-order valence-electron chi connectivity index (χ0n) is 15.7. The van der Waals surface area contributed by atoms with Gasteiger partial charge in [0.25, 0.3) is 0 Å². The number of hydrogen-bond donors (Lipinski definition) is 2. The molecule has 0 bridgehead atoms. The minimum absolute atomic E-state index is 0.0250. The third-order valence-electron chi connectivity index (χ3n) is 3.92. The summed E-state index contributed by atoms with van der Waals surface area (Å²) < 4.78 is 15.6. The van der Waals surface area contributed by atoms with E-state index in [1.165, 1.54) is 0 Å². The lowest BCUT2D eigenvalue weighted by Crippen LogP contribution is -2.25. The molecule has 1 aliphatic rings. The van der Waals surface area contributed by atoms with E-state index in [9.17, 15) is 9.59 Å². The van der Waals surface area contributed by atoms with Crippen LogP contribution in [0.1, 0.15) is 19.3 Å². The molecule has 1 fully saturated rings. The Morgan fingerprint density at radius 2 is 1.67 bits per heavy atom. The Balaban J connectivity index is 2.09. The number of ether oxygens (including phenoxy) is 3. The summed E-state index contributed by atoms with van der Waals surface area (Å²) in [5.74, 6) is 0.317. The SMILES string of the molecule is C=CCNC(=O)OC/C=C/CC(C=C)CCC1OC1COC(=O)NCC=C. The van der Waals surface area contributed by atoms with E-state index in [0.29, 0.717) is 19.0 Å². The molecule has 3 unspecified atom stereocenters. The highest BCUT2D eigenvalue weighted by Gasteiger charge is 2.39. The fourth-order valence-electron chi connectivity index (χ4n) is 2.32. The van der Waals surface area contributed by atoms with E-state index in [4.69, 9.17) is 14.2 Å². The van der Waals surface area contributed by atoms with Crippen LogP contribution in [0, 0.1) is 5.92 Å². The molecule has 1 rings (SSSR count). The molecule has 1 heterocycles. The highest BCUT2D eigenvalue weighted by atomic mass is 16.6. The van der Waals surface area contributed by atoms with Crippen LogP contribution in [0.15, 0.2) is 50.1 Å². The zero-order chi connectivity index (χ0) is 19.9. The Hall–Kier alpha value is -2.54. The number of rotatable bonds is 14. The van der Waals surface area contributed by atoms with E-state index in [2.05, 4.69) is 30.4 Å². The molecule has 2 N–H and O–H groups in total. The van der Waals surface area contributed by atoms with Crippen molar-refractivity contribution in [3.63, 3.8) is 0 Å². The van der Waals surface area contributed by atoms with Crippen LogP contribution < -0.4 is 10.6 Å². The Morgan fingerprint density at radius 1 is 1.00 bits per heavy atom. The lowest BCUT2D eigenvalue weighted by atomic mass is 9.97. The maximum absolute atomic E-state index is 11.3. The van der Waals surface area contributed by atoms with Gasteiger partial charge in [0.1, 0.15) is 19.3 Å². The number of carbonyl (C=O) groups is 2. The molecular formula is C20H30N2O5. The van der Waals surface area contributed by atoms with Gasteiger partial charge >= 0.3 is 12.2 Å². The van der Waals surface area contributed by atoms with Gasteiger partial charge in [0, 0.05) is 13.1 Å². The molecule has 0 saturated carbocycles. The average molecular weight is 378 g/mol. The first-order valence-corrected chi connectivity index (χ1v) is 9.06. The topological polar surface area (TPSA) is 89.2 Å². The van der Waals surface area contributed by atoms with Gasteiger partial charge in [-0.25, -0.2) is 9.59 Å². The van der Waals surface area contributed by atoms with Crippen molar-refractivity contribution in [2.45, 2.75) is 31.5 Å². The molecule has 1 saturated heterocycles. The second kappa shape index (κ2) is 13.6. The second-order valence-corrected chi connectivity index (χ2v) is 6.03. The third-order valence-corrected chi connectivity index (χ3v) is 3.92. The van der Waals surface area contributed by atoms with Crippen molar-refractivity contribution in [2.24, 2.45) is 5.92 Å². The molecule has 0 spiro atoms. The van der Waals surface area contributed by atoms with E-state index < -0.39 is 12.2 Å². The van der Waals surface area contributed by atoms with Crippen LogP contribution in [-0.4, -0.2) is 50.7 Å². The molecule has 27 heavy (non-hydrogen) atoms. The molecule has 1 aliphatic heterocycles. The second-order valence-electron chi connectivity index (χ2n) is 6.03. The van der Waals surface area contributed by atoms with Crippen molar-refractivity contribution in [3.05, 3.63) is 50.1 Å². The van der Waals surface area contributed by atoms with Crippen LogP contribution in [0.4, 0.5) is 9.59 Å². The zero-order valence-corrected chi connectivity index (χ0v) is 15.7. The molecule has 3 atom stereocenters. The molecule has 0 aliphatic carbocycles. The molecule has 0 radical (unpaired) electrons. The summed E-state index contributed by atoms with van der Waals surface area (Å²) in [7, 11) is 0. The first kappa shape index (κ1) is 22.5. The van der Waals surface area contributed by atoms with E-state index in [-0.39, 0.29) is 25.4 Å². The maximum Gasteiger partial charge on any atom is 0.407 e. The van der Waals surface area contributed by atoms with Crippen molar-refractivity contribution in [1.82, 2.24) is 10.6 Å². The number of amides is 2. The van der Waals surface area contributed by atoms with Crippen LogP contribution in [0.2, 0.25) is 0 Å². The summed E-state index contributed by atoms with van der Waals surface area (Å²) in [6.07, 6.45) is 10.7. The summed E-state index contributed by atoms with van der Waals surface area (Å²) in [5.41, 5.74) is 0. The van der Waals surface area contributed by atoms with Gasteiger partial charge in [-0.1, -0.05) is 30.4 Å².